The highest BCUT2D eigenvalue weighted by Crippen LogP contribution is 2.22. The summed E-state index contributed by atoms with van der Waals surface area (Å²) in [4.78, 5) is 24.4. The van der Waals surface area contributed by atoms with Crippen molar-refractivity contribution in [2.45, 2.75) is 30.2 Å². The molecule has 0 bridgehead atoms. The first-order valence-electron chi connectivity index (χ1n) is 8.53. The van der Waals surface area contributed by atoms with Gasteiger partial charge < -0.3 is 10.6 Å². The molecule has 6 nitrogen and oxygen atoms in total. The zero-order valence-corrected chi connectivity index (χ0v) is 15.3. The van der Waals surface area contributed by atoms with Crippen molar-refractivity contribution in [3.63, 3.8) is 0 Å². The number of carbonyl (C=O) groups is 2. The van der Waals surface area contributed by atoms with Gasteiger partial charge in [0.2, 0.25) is 5.91 Å². The molecule has 0 aliphatic heterocycles. The third-order valence-corrected chi connectivity index (χ3v) is 5.86. The minimum atomic E-state index is -3.71. The first kappa shape index (κ1) is 19.0. The number of rotatable bonds is 7. The van der Waals surface area contributed by atoms with E-state index >= 15 is 0 Å². The number of anilines is 1. The molecule has 0 saturated heterocycles. The van der Waals surface area contributed by atoms with Crippen LogP contribution >= 0.6 is 0 Å². The number of benzene rings is 2. The second-order valence-electron chi connectivity index (χ2n) is 6.36. The van der Waals surface area contributed by atoms with Crippen LogP contribution in [0.5, 0.6) is 0 Å². The molecule has 0 unspecified atom stereocenters. The summed E-state index contributed by atoms with van der Waals surface area (Å²) in [5, 5.41) is 5.44. The largest absolute Gasteiger partial charge is 0.349 e. The predicted molar refractivity (Wildman–Crippen MR) is 98.6 cm³/mol. The van der Waals surface area contributed by atoms with E-state index in [0.29, 0.717) is 11.3 Å². The van der Waals surface area contributed by atoms with Gasteiger partial charge >= 0.3 is 0 Å². The average Bonchev–Trinajstić information content (AvgIpc) is 3.45. The molecule has 3 rings (SSSR count). The van der Waals surface area contributed by atoms with E-state index in [0.717, 1.165) is 25.0 Å². The molecule has 27 heavy (non-hydrogen) atoms. The topological polar surface area (TPSA) is 92.3 Å². The molecule has 0 heterocycles. The van der Waals surface area contributed by atoms with Gasteiger partial charge in [0, 0.05) is 12.5 Å². The quantitative estimate of drug-likeness (QED) is 0.711. The summed E-state index contributed by atoms with van der Waals surface area (Å²) in [6.45, 7) is 0. The Bertz CT molecular complexity index is 954. The smallest absolute Gasteiger partial charge is 0.253 e. The average molecular weight is 390 g/mol. The van der Waals surface area contributed by atoms with Crippen LogP contribution in [0.2, 0.25) is 0 Å². The number of halogens is 1. The lowest BCUT2D eigenvalue weighted by Gasteiger charge is -2.11. The van der Waals surface area contributed by atoms with Crippen LogP contribution in [0.1, 0.15) is 29.6 Å². The molecule has 8 heteroatoms. The van der Waals surface area contributed by atoms with Gasteiger partial charge in [-0.2, -0.15) is 0 Å². The summed E-state index contributed by atoms with van der Waals surface area (Å²) in [5.41, 5.74) is 0.666. The van der Waals surface area contributed by atoms with Gasteiger partial charge in [-0.1, -0.05) is 12.1 Å². The molecule has 142 valence electrons. The van der Waals surface area contributed by atoms with Crippen molar-refractivity contribution in [2.75, 3.05) is 11.1 Å². The summed E-state index contributed by atoms with van der Waals surface area (Å²) in [6, 6.07) is 11.2. The lowest BCUT2D eigenvalue weighted by atomic mass is 10.1. The molecule has 0 aromatic heterocycles. The lowest BCUT2D eigenvalue weighted by molar-refractivity contribution is -0.115. The Hall–Kier alpha value is -2.74. The Kier molecular flexibility index (Phi) is 5.55. The van der Waals surface area contributed by atoms with Gasteiger partial charge in [-0.15, -0.1) is 0 Å². The van der Waals surface area contributed by atoms with Crippen LogP contribution in [0.4, 0.5) is 10.1 Å². The van der Waals surface area contributed by atoms with Crippen molar-refractivity contribution < 1.29 is 22.4 Å². The highest BCUT2D eigenvalue weighted by Gasteiger charge is 2.25. The molecule has 0 radical (unpaired) electrons. The maximum Gasteiger partial charge on any atom is 0.253 e. The molecule has 2 aromatic carbocycles. The molecule has 1 aliphatic rings. The fourth-order valence-electron chi connectivity index (χ4n) is 2.48. The van der Waals surface area contributed by atoms with Crippen LogP contribution in [-0.2, 0) is 14.6 Å². The van der Waals surface area contributed by atoms with Gasteiger partial charge in [0.1, 0.15) is 5.82 Å². The van der Waals surface area contributed by atoms with E-state index in [1.165, 1.54) is 12.1 Å². The normalized spacial score (nSPS) is 13.8. The third kappa shape index (κ3) is 5.13. The van der Waals surface area contributed by atoms with Gasteiger partial charge in [0.25, 0.3) is 5.91 Å². The number of carbonyl (C=O) groups excluding carboxylic acids is 2. The van der Waals surface area contributed by atoms with Gasteiger partial charge in [-0.25, -0.2) is 12.8 Å². The van der Waals surface area contributed by atoms with E-state index < -0.39 is 27.3 Å². The molecule has 2 amide bonds. The SMILES string of the molecule is O=C(CCS(=O)(=O)c1ccc(F)cc1)Nc1ccccc1C(=O)NC1CC1. The van der Waals surface area contributed by atoms with Crippen LogP contribution in [0.3, 0.4) is 0 Å². The highest BCUT2D eigenvalue weighted by molar-refractivity contribution is 7.91. The van der Waals surface area contributed by atoms with Crippen LogP contribution in [0.15, 0.2) is 53.4 Å². The van der Waals surface area contributed by atoms with Gasteiger partial charge in [-0.3, -0.25) is 9.59 Å². The van der Waals surface area contributed by atoms with E-state index in [1.807, 2.05) is 0 Å². The minimum absolute atomic E-state index is 0.0408. The first-order valence-corrected chi connectivity index (χ1v) is 10.2. The molecule has 0 spiro atoms. The van der Waals surface area contributed by atoms with Gasteiger partial charge in [-0.05, 0) is 49.2 Å². The fraction of sp³-hybridized carbons (Fsp3) is 0.263. The fourth-order valence-corrected chi connectivity index (χ4v) is 3.72. The number of para-hydroxylation sites is 1. The van der Waals surface area contributed by atoms with Crippen molar-refractivity contribution >= 4 is 27.3 Å². The van der Waals surface area contributed by atoms with Crippen molar-refractivity contribution in [3.8, 4) is 0 Å². The lowest BCUT2D eigenvalue weighted by Crippen LogP contribution is -2.27. The molecule has 2 aromatic rings. The van der Waals surface area contributed by atoms with E-state index in [-0.39, 0.29) is 23.3 Å². The first-order chi connectivity index (χ1) is 12.8. The van der Waals surface area contributed by atoms with Crippen LogP contribution in [-0.4, -0.2) is 32.0 Å². The molecular weight excluding hydrogens is 371 g/mol. The number of sulfone groups is 1. The standard InChI is InChI=1S/C19H19FN2O4S/c20-13-5-9-15(10-6-13)27(25,26)12-11-18(23)22-17-4-2-1-3-16(17)19(24)21-14-7-8-14/h1-6,9-10,14H,7-8,11-12H2,(H,21,24)(H,22,23). The summed E-state index contributed by atoms with van der Waals surface area (Å²) < 4.78 is 37.4. The van der Waals surface area contributed by atoms with Crippen LogP contribution < -0.4 is 10.6 Å². The minimum Gasteiger partial charge on any atom is -0.349 e. The zero-order valence-electron chi connectivity index (χ0n) is 14.4. The number of hydrogen-bond donors (Lipinski definition) is 2. The van der Waals surface area contributed by atoms with Crippen molar-refractivity contribution in [3.05, 3.63) is 59.9 Å². The van der Waals surface area contributed by atoms with Crippen molar-refractivity contribution in [1.29, 1.82) is 0 Å². The summed E-state index contributed by atoms with van der Waals surface area (Å²) in [5.74, 6) is -1.74. The third-order valence-electron chi connectivity index (χ3n) is 4.13. The van der Waals surface area contributed by atoms with Crippen LogP contribution in [0.25, 0.3) is 0 Å². The van der Waals surface area contributed by atoms with Gasteiger partial charge in [0.15, 0.2) is 9.84 Å². The monoisotopic (exact) mass is 390 g/mol. The summed E-state index contributed by atoms with van der Waals surface area (Å²) in [7, 11) is -3.71. The maximum atomic E-state index is 12.9. The Morgan fingerprint density at radius 3 is 2.37 bits per heavy atom. The Morgan fingerprint density at radius 1 is 1.04 bits per heavy atom. The van der Waals surface area contributed by atoms with E-state index in [4.69, 9.17) is 0 Å². The number of amides is 2. The zero-order chi connectivity index (χ0) is 19.4. The highest BCUT2D eigenvalue weighted by atomic mass is 32.2. The number of hydrogen-bond acceptors (Lipinski definition) is 4. The molecule has 2 N–H and O–H groups in total. The summed E-state index contributed by atoms with van der Waals surface area (Å²) >= 11 is 0. The molecule has 1 aliphatic carbocycles. The molecular formula is C19H19FN2O4S. The number of nitrogens with one attached hydrogen (secondary N) is 2. The maximum absolute atomic E-state index is 12.9. The Balaban J connectivity index is 1.62. The molecule has 0 atom stereocenters. The van der Waals surface area contributed by atoms with E-state index in [9.17, 15) is 22.4 Å². The second kappa shape index (κ2) is 7.87. The van der Waals surface area contributed by atoms with Crippen molar-refractivity contribution in [2.24, 2.45) is 0 Å². The van der Waals surface area contributed by atoms with Gasteiger partial charge in [0.05, 0.1) is 21.9 Å². The molecule has 1 fully saturated rings. The Morgan fingerprint density at radius 2 is 1.70 bits per heavy atom. The van der Waals surface area contributed by atoms with E-state index in [1.54, 1.807) is 24.3 Å². The molecule has 1 saturated carbocycles. The van der Waals surface area contributed by atoms with E-state index in [2.05, 4.69) is 10.6 Å². The Labute approximate surface area is 156 Å². The predicted octanol–water partition coefficient (Wildman–Crippen LogP) is 2.52. The summed E-state index contributed by atoms with van der Waals surface area (Å²) in [6.07, 6.45) is 1.61. The second-order valence-corrected chi connectivity index (χ2v) is 8.47. The van der Waals surface area contributed by atoms with Crippen molar-refractivity contribution in [1.82, 2.24) is 5.32 Å². The van der Waals surface area contributed by atoms with Crippen LogP contribution in [0, 0.1) is 5.82 Å².